The first kappa shape index (κ1) is 13.8. The molecule has 0 saturated carbocycles. The average molecular weight is 263 g/mol. The molecule has 0 amide bonds. The number of esters is 1. The molecule has 1 unspecified atom stereocenters. The maximum atomic E-state index is 11.6. The van der Waals surface area contributed by atoms with Crippen molar-refractivity contribution in [2.45, 2.75) is 25.3 Å². The summed E-state index contributed by atoms with van der Waals surface area (Å²) in [5.41, 5.74) is 0.557. The van der Waals surface area contributed by atoms with Crippen LogP contribution in [0.5, 0.6) is 0 Å². The maximum Gasteiger partial charge on any atom is 0.338 e. The van der Waals surface area contributed by atoms with E-state index in [1.165, 1.54) is 20.0 Å². The molecule has 1 aliphatic rings. The van der Waals surface area contributed by atoms with Crippen molar-refractivity contribution in [1.82, 2.24) is 10.3 Å². The lowest BCUT2D eigenvalue weighted by molar-refractivity contribution is 0.0600. The summed E-state index contributed by atoms with van der Waals surface area (Å²) in [5.74, 6) is 0.550. The van der Waals surface area contributed by atoms with Crippen molar-refractivity contribution in [2.75, 3.05) is 32.1 Å². The number of hydrogen-bond donors (Lipinski definition) is 1. The van der Waals surface area contributed by atoms with E-state index >= 15 is 0 Å². The Balaban J connectivity index is 2.21. The summed E-state index contributed by atoms with van der Waals surface area (Å²) in [7, 11) is 3.36. The van der Waals surface area contributed by atoms with Crippen LogP contribution in [0.3, 0.4) is 0 Å². The molecule has 0 bridgehead atoms. The summed E-state index contributed by atoms with van der Waals surface area (Å²) >= 11 is 0. The highest BCUT2D eigenvalue weighted by Gasteiger charge is 2.23. The number of nitrogens with zero attached hydrogens (tertiary/aromatic N) is 2. The molecule has 5 heteroatoms. The van der Waals surface area contributed by atoms with Gasteiger partial charge in [0.25, 0.3) is 0 Å². The normalized spacial score (nSPS) is 19.3. The molecule has 0 spiro atoms. The van der Waals surface area contributed by atoms with Crippen molar-refractivity contribution in [2.24, 2.45) is 0 Å². The lowest BCUT2D eigenvalue weighted by atomic mass is 10.0. The third-order valence-electron chi connectivity index (χ3n) is 3.53. The van der Waals surface area contributed by atoms with Crippen molar-refractivity contribution < 1.29 is 9.53 Å². The summed E-state index contributed by atoms with van der Waals surface area (Å²) in [6.07, 6.45) is 5.25. The van der Waals surface area contributed by atoms with Crippen molar-refractivity contribution in [1.29, 1.82) is 0 Å². The van der Waals surface area contributed by atoms with E-state index in [0.717, 1.165) is 25.3 Å². The number of methoxy groups -OCH3 is 1. The van der Waals surface area contributed by atoms with E-state index in [9.17, 15) is 4.79 Å². The van der Waals surface area contributed by atoms with E-state index in [1.807, 2.05) is 13.1 Å². The first-order valence-corrected chi connectivity index (χ1v) is 6.72. The van der Waals surface area contributed by atoms with Crippen molar-refractivity contribution >= 4 is 11.8 Å². The molecular formula is C14H21N3O2. The van der Waals surface area contributed by atoms with Crippen LogP contribution < -0.4 is 10.2 Å². The molecule has 1 aromatic heterocycles. The van der Waals surface area contributed by atoms with Gasteiger partial charge in [0.2, 0.25) is 0 Å². The summed E-state index contributed by atoms with van der Waals surface area (Å²) in [6.45, 7) is 1.92. The second-order valence-electron chi connectivity index (χ2n) is 4.79. The minimum absolute atomic E-state index is 0.314. The number of nitrogens with one attached hydrogen (secondary N) is 1. The Hall–Kier alpha value is -1.62. The number of anilines is 1. The molecule has 1 atom stereocenters. The van der Waals surface area contributed by atoms with Crippen LogP contribution >= 0.6 is 0 Å². The van der Waals surface area contributed by atoms with Crippen molar-refractivity contribution in [3.63, 3.8) is 0 Å². The Kier molecular flexibility index (Phi) is 4.74. The van der Waals surface area contributed by atoms with Gasteiger partial charge in [-0.05, 0) is 38.4 Å². The number of likely N-dealkylation sites (N-methyl/N-ethyl adjacent to an activating group) is 1. The molecule has 1 aliphatic heterocycles. The second-order valence-corrected chi connectivity index (χ2v) is 4.79. The van der Waals surface area contributed by atoms with E-state index in [1.54, 1.807) is 12.3 Å². The first-order valence-electron chi connectivity index (χ1n) is 6.72. The standard InChI is InChI=1S/C14H21N3O2/c1-15-10-12-5-3-4-8-17(12)13-9-11(6-7-16-13)14(18)19-2/h6-7,9,12,15H,3-5,8,10H2,1-2H3. The molecular weight excluding hydrogens is 242 g/mol. The molecule has 104 valence electrons. The number of carbonyl (C=O) groups excluding carboxylic acids is 1. The number of pyridine rings is 1. The van der Waals surface area contributed by atoms with E-state index in [2.05, 4.69) is 15.2 Å². The van der Waals surface area contributed by atoms with Crippen LogP contribution in [0.15, 0.2) is 18.3 Å². The zero-order valence-corrected chi connectivity index (χ0v) is 11.6. The Morgan fingerprint density at radius 1 is 1.58 bits per heavy atom. The largest absolute Gasteiger partial charge is 0.465 e. The second kappa shape index (κ2) is 6.52. The topological polar surface area (TPSA) is 54.5 Å². The third kappa shape index (κ3) is 3.23. The first-order chi connectivity index (χ1) is 9.26. The minimum Gasteiger partial charge on any atom is -0.465 e. The molecule has 0 aromatic carbocycles. The van der Waals surface area contributed by atoms with E-state index < -0.39 is 0 Å². The van der Waals surface area contributed by atoms with Gasteiger partial charge in [-0.15, -0.1) is 0 Å². The van der Waals surface area contributed by atoms with Crippen LogP contribution in [0.2, 0.25) is 0 Å². The molecule has 5 nitrogen and oxygen atoms in total. The summed E-state index contributed by atoms with van der Waals surface area (Å²) in [6, 6.07) is 3.95. The fourth-order valence-electron chi connectivity index (χ4n) is 2.57. The van der Waals surface area contributed by atoms with Gasteiger partial charge in [-0.2, -0.15) is 0 Å². The molecule has 0 aliphatic carbocycles. The quantitative estimate of drug-likeness (QED) is 0.833. The monoisotopic (exact) mass is 263 g/mol. The molecule has 1 fully saturated rings. The predicted molar refractivity (Wildman–Crippen MR) is 74.5 cm³/mol. The molecule has 19 heavy (non-hydrogen) atoms. The highest BCUT2D eigenvalue weighted by molar-refractivity contribution is 5.90. The van der Waals surface area contributed by atoms with Crippen LogP contribution in [-0.4, -0.2) is 44.2 Å². The van der Waals surface area contributed by atoms with Crippen LogP contribution in [0.4, 0.5) is 5.82 Å². The predicted octanol–water partition coefficient (Wildman–Crippen LogP) is 1.45. The number of hydrogen-bond acceptors (Lipinski definition) is 5. The Morgan fingerprint density at radius 2 is 2.42 bits per heavy atom. The number of rotatable bonds is 4. The number of carbonyl (C=O) groups is 1. The van der Waals surface area contributed by atoms with Gasteiger partial charge < -0.3 is 15.0 Å². The van der Waals surface area contributed by atoms with Gasteiger partial charge in [0, 0.05) is 25.3 Å². The van der Waals surface area contributed by atoms with E-state index in [4.69, 9.17) is 4.74 Å². The fourth-order valence-corrected chi connectivity index (χ4v) is 2.57. The minimum atomic E-state index is -0.314. The van der Waals surface area contributed by atoms with Gasteiger partial charge in [-0.25, -0.2) is 9.78 Å². The van der Waals surface area contributed by atoms with Gasteiger partial charge in [-0.1, -0.05) is 0 Å². The summed E-state index contributed by atoms with van der Waals surface area (Å²) in [5, 5.41) is 3.22. The molecule has 2 heterocycles. The van der Waals surface area contributed by atoms with Gasteiger partial charge in [0.1, 0.15) is 5.82 Å². The third-order valence-corrected chi connectivity index (χ3v) is 3.53. The highest BCUT2D eigenvalue weighted by atomic mass is 16.5. The number of piperidine rings is 1. The van der Waals surface area contributed by atoms with Crippen LogP contribution in [0.1, 0.15) is 29.6 Å². The van der Waals surface area contributed by atoms with E-state index in [-0.39, 0.29) is 5.97 Å². The van der Waals surface area contributed by atoms with E-state index in [0.29, 0.717) is 11.6 Å². The molecule has 1 N–H and O–H groups in total. The Morgan fingerprint density at radius 3 is 3.16 bits per heavy atom. The number of aromatic nitrogens is 1. The Bertz CT molecular complexity index is 434. The van der Waals surface area contributed by atoms with Crippen LogP contribution in [0, 0.1) is 0 Å². The van der Waals surface area contributed by atoms with Gasteiger partial charge in [-0.3, -0.25) is 0 Å². The van der Waals surface area contributed by atoms with Crippen molar-refractivity contribution in [3.8, 4) is 0 Å². The van der Waals surface area contributed by atoms with Crippen LogP contribution in [-0.2, 0) is 4.74 Å². The summed E-state index contributed by atoms with van der Waals surface area (Å²) in [4.78, 5) is 18.3. The smallest absolute Gasteiger partial charge is 0.338 e. The zero-order chi connectivity index (χ0) is 13.7. The van der Waals surface area contributed by atoms with Crippen molar-refractivity contribution in [3.05, 3.63) is 23.9 Å². The lowest BCUT2D eigenvalue weighted by Gasteiger charge is -2.36. The lowest BCUT2D eigenvalue weighted by Crippen LogP contribution is -2.45. The summed E-state index contributed by atoms with van der Waals surface area (Å²) < 4.78 is 4.76. The van der Waals surface area contributed by atoms with Crippen LogP contribution in [0.25, 0.3) is 0 Å². The Labute approximate surface area is 114 Å². The average Bonchev–Trinajstić information content (AvgIpc) is 2.47. The molecule has 1 aromatic rings. The van der Waals surface area contributed by atoms with Gasteiger partial charge in [0.15, 0.2) is 0 Å². The van der Waals surface area contributed by atoms with Gasteiger partial charge >= 0.3 is 5.97 Å². The zero-order valence-electron chi connectivity index (χ0n) is 11.6. The SMILES string of the molecule is CNCC1CCCCN1c1cc(C(=O)OC)ccn1. The fraction of sp³-hybridized carbons (Fsp3) is 0.571. The van der Waals surface area contributed by atoms with Gasteiger partial charge in [0.05, 0.1) is 12.7 Å². The maximum absolute atomic E-state index is 11.6. The molecule has 2 rings (SSSR count). The number of ether oxygens (including phenoxy) is 1. The molecule has 1 saturated heterocycles. The highest BCUT2D eigenvalue weighted by Crippen LogP contribution is 2.23. The molecule has 0 radical (unpaired) electrons.